The van der Waals surface area contributed by atoms with E-state index in [4.69, 9.17) is 4.74 Å². The molecule has 3 nitrogen and oxygen atoms in total. The number of piperidine rings is 1. The van der Waals surface area contributed by atoms with Crippen LogP contribution >= 0.6 is 0 Å². The van der Waals surface area contributed by atoms with Gasteiger partial charge in [-0.1, -0.05) is 26.0 Å². The maximum atomic E-state index is 12.1. The van der Waals surface area contributed by atoms with E-state index in [-0.39, 0.29) is 6.09 Å². The highest BCUT2D eigenvalue weighted by atomic mass is 16.6. The fourth-order valence-electron chi connectivity index (χ4n) is 2.18. The molecule has 1 saturated heterocycles. The molecule has 1 heterocycles. The Hall–Kier alpha value is -0.990. The molecule has 0 spiro atoms. The highest BCUT2D eigenvalue weighted by molar-refractivity contribution is 5.68. The average molecular weight is 267 g/mol. The monoisotopic (exact) mass is 267 g/mol. The molecule has 0 saturated carbocycles. The van der Waals surface area contributed by atoms with Crippen molar-refractivity contribution in [2.45, 2.75) is 65.4 Å². The highest BCUT2D eigenvalue weighted by Crippen LogP contribution is 2.24. The minimum absolute atomic E-state index is 0.153. The van der Waals surface area contributed by atoms with Crippen molar-refractivity contribution in [2.24, 2.45) is 5.92 Å². The molecule has 0 aliphatic carbocycles. The Morgan fingerprint density at radius 3 is 2.37 bits per heavy atom. The van der Waals surface area contributed by atoms with Crippen LogP contribution in [0.1, 0.15) is 59.8 Å². The van der Waals surface area contributed by atoms with E-state index in [0.717, 1.165) is 38.8 Å². The molecule has 0 aromatic heterocycles. The van der Waals surface area contributed by atoms with Crippen LogP contribution in [-0.2, 0) is 4.74 Å². The zero-order valence-electron chi connectivity index (χ0n) is 13.0. The number of likely N-dealkylation sites (tertiary alicyclic amines) is 1. The molecular weight excluding hydrogens is 238 g/mol. The minimum Gasteiger partial charge on any atom is -0.443 e. The van der Waals surface area contributed by atoms with E-state index in [1.165, 1.54) is 12.0 Å². The maximum absolute atomic E-state index is 12.1. The third-order valence-electron chi connectivity index (χ3n) is 3.84. The van der Waals surface area contributed by atoms with Crippen LogP contribution in [0.5, 0.6) is 0 Å². The van der Waals surface area contributed by atoms with Crippen LogP contribution in [0.15, 0.2) is 12.2 Å². The molecule has 0 radical (unpaired) electrons. The van der Waals surface area contributed by atoms with Gasteiger partial charge in [0.2, 0.25) is 0 Å². The Balaban J connectivity index is 2.40. The molecule has 110 valence electrons. The first-order valence-corrected chi connectivity index (χ1v) is 7.47. The molecule has 0 N–H and O–H groups in total. The van der Waals surface area contributed by atoms with Gasteiger partial charge in [-0.15, -0.1) is 0 Å². The lowest BCUT2D eigenvalue weighted by Crippen LogP contribution is -2.40. The molecule has 1 rings (SSSR count). The summed E-state index contributed by atoms with van der Waals surface area (Å²) in [6.07, 6.45) is 5.02. The third kappa shape index (κ3) is 5.66. The first-order valence-electron chi connectivity index (χ1n) is 7.47. The predicted octanol–water partition coefficient (Wildman–Crippen LogP) is 4.38. The Morgan fingerprint density at radius 2 is 1.84 bits per heavy atom. The molecule has 0 aromatic carbocycles. The number of ether oxygens (including phenoxy) is 1. The summed E-state index contributed by atoms with van der Waals surface area (Å²) < 4.78 is 5.65. The van der Waals surface area contributed by atoms with E-state index in [2.05, 4.69) is 20.4 Å². The molecule has 1 aliphatic heterocycles. The lowest BCUT2D eigenvalue weighted by atomic mass is 9.94. The van der Waals surface area contributed by atoms with Crippen LogP contribution in [0.25, 0.3) is 0 Å². The Labute approximate surface area is 118 Å². The zero-order chi connectivity index (χ0) is 14.5. The van der Waals surface area contributed by atoms with Gasteiger partial charge in [0, 0.05) is 13.1 Å². The van der Waals surface area contributed by atoms with E-state index < -0.39 is 5.60 Å². The molecule has 1 fully saturated rings. The van der Waals surface area contributed by atoms with Crippen LogP contribution in [0.3, 0.4) is 0 Å². The molecule has 0 aromatic rings. The fourth-order valence-corrected chi connectivity index (χ4v) is 2.18. The average Bonchev–Trinajstić information content (AvgIpc) is 2.36. The maximum Gasteiger partial charge on any atom is 0.410 e. The lowest BCUT2D eigenvalue weighted by Gasteiger charge is -2.32. The number of rotatable bonds is 5. The second-order valence-corrected chi connectivity index (χ2v) is 6.49. The van der Waals surface area contributed by atoms with E-state index in [0.29, 0.717) is 5.92 Å². The molecule has 3 heteroatoms. The number of nitrogens with zero attached hydrogens (tertiary/aromatic N) is 1. The SMILES string of the molecule is C=C(CCC(C)(C)OC(=O)N1CCCCC1)C(C)C. The molecule has 0 bridgehead atoms. The standard InChI is InChI=1S/C16H29NO2/c1-13(2)14(3)9-10-16(4,5)19-15(18)17-11-7-6-8-12-17/h13H,3,6-12H2,1-2,4-5H3. The quantitative estimate of drug-likeness (QED) is 0.692. The van der Waals surface area contributed by atoms with Crippen LogP contribution < -0.4 is 0 Å². The topological polar surface area (TPSA) is 29.5 Å². The summed E-state index contributed by atoms with van der Waals surface area (Å²) in [5, 5.41) is 0. The molecule has 1 amide bonds. The summed E-state index contributed by atoms with van der Waals surface area (Å²) in [6, 6.07) is 0. The largest absolute Gasteiger partial charge is 0.443 e. The number of amides is 1. The summed E-state index contributed by atoms with van der Waals surface area (Å²) >= 11 is 0. The number of carbonyl (C=O) groups is 1. The molecule has 19 heavy (non-hydrogen) atoms. The van der Waals surface area contributed by atoms with Gasteiger partial charge in [0.25, 0.3) is 0 Å². The Bertz CT molecular complexity index is 315. The van der Waals surface area contributed by atoms with Crippen molar-refractivity contribution in [1.82, 2.24) is 4.90 Å². The molecular formula is C16H29NO2. The number of carbonyl (C=O) groups excluding carboxylic acids is 1. The van der Waals surface area contributed by atoms with Crippen molar-refractivity contribution < 1.29 is 9.53 Å². The molecule has 0 atom stereocenters. The predicted molar refractivity (Wildman–Crippen MR) is 79.2 cm³/mol. The fraction of sp³-hybridized carbons (Fsp3) is 0.812. The van der Waals surface area contributed by atoms with Crippen LogP contribution in [0, 0.1) is 5.92 Å². The van der Waals surface area contributed by atoms with E-state index in [1.807, 2.05) is 18.7 Å². The first-order chi connectivity index (χ1) is 8.82. The summed E-state index contributed by atoms with van der Waals surface area (Å²) in [5.41, 5.74) is 0.814. The summed E-state index contributed by atoms with van der Waals surface area (Å²) in [7, 11) is 0. The van der Waals surface area contributed by atoms with E-state index >= 15 is 0 Å². The zero-order valence-corrected chi connectivity index (χ0v) is 13.0. The van der Waals surface area contributed by atoms with E-state index in [1.54, 1.807) is 0 Å². The Morgan fingerprint density at radius 1 is 1.26 bits per heavy atom. The number of hydrogen-bond acceptors (Lipinski definition) is 2. The van der Waals surface area contributed by atoms with Gasteiger partial charge in [-0.25, -0.2) is 4.79 Å². The van der Waals surface area contributed by atoms with Gasteiger partial charge >= 0.3 is 6.09 Å². The number of allylic oxidation sites excluding steroid dienone is 1. The van der Waals surface area contributed by atoms with Gasteiger partial charge < -0.3 is 9.64 Å². The summed E-state index contributed by atoms with van der Waals surface area (Å²) in [4.78, 5) is 13.9. The van der Waals surface area contributed by atoms with Crippen molar-refractivity contribution in [3.05, 3.63) is 12.2 Å². The molecule has 1 aliphatic rings. The smallest absolute Gasteiger partial charge is 0.410 e. The highest BCUT2D eigenvalue weighted by Gasteiger charge is 2.27. The normalized spacial score (nSPS) is 16.6. The van der Waals surface area contributed by atoms with Gasteiger partial charge in [-0.2, -0.15) is 0 Å². The van der Waals surface area contributed by atoms with Crippen molar-refractivity contribution in [2.75, 3.05) is 13.1 Å². The Kier molecular flexibility index (Phi) is 5.89. The minimum atomic E-state index is -0.410. The van der Waals surface area contributed by atoms with Gasteiger partial charge in [-0.3, -0.25) is 0 Å². The van der Waals surface area contributed by atoms with Crippen molar-refractivity contribution in [1.29, 1.82) is 0 Å². The van der Waals surface area contributed by atoms with Crippen molar-refractivity contribution >= 4 is 6.09 Å². The summed E-state index contributed by atoms with van der Waals surface area (Å²) in [6.45, 7) is 14.0. The van der Waals surface area contributed by atoms with Gasteiger partial charge in [0.05, 0.1) is 0 Å². The summed E-state index contributed by atoms with van der Waals surface area (Å²) in [5.74, 6) is 0.494. The van der Waals surface area contributed by atoms with Gasteiger partial charge in [0.15, 0.2) is 0 Å². The van der Waals surface area contributed by atoms with Crippen LogP contribution in [0.4, 0.5) is 4.79 Å². The van der Waals surface area contributed by atoms with Crippen molar-refractivity contribution in [3.63, 3.8) is 0 Å². The first kappa shape index (κ1) is 16.1. The number of hydrogen-bond donors (Lipinski definition) is 0. The van der Waals surface area contributed by atoms with Gasteiger partial charge in [0.1, 0.15) is 5.60 Å². The van der Waals surface area contributed by atoms with Gasteiger partial charge in [-0.05, 0) is 51.9 Å². The lowest BCUT2D eigenvalue weighted by molar-refractivity contribution is 0.00563. The van der Waals surface area contributed by atoms with Crippen LogP contribution in [-0.4, -0.2) is 29.7 Å². The molecule has 0 unspecified atom stereocenters. The van der Waals surface area contributed by atoms with E-state index in [9.17, 15) is 4.79 Å². The third-order valence-corrected chi connectivity index (χ3v) is 3.84. The van der Waals surface area contributed by atoms with Crippen molar-refractivity contribution in [3.8, 4) is 0 Å². The van der Waals surface area contributed by atoms with Crippen LogP contribution in [0.2, 0.25) is 0 Å². The second kappa shape index (κ2) is 6.97. The second-order valence-electron chi connectivity index (χ2n) is 6.49.